The normalized spacial score (nSPS) is 23.2. The molecule has 1 atom stereocenters. The van der Waals surface area contributed by atoms with Gasteiger partial charge in [0.1, 0.15) is 5.41 Å². The minimum absolute atomic E-state index is 0.335. The van der Waals surface area contributed by atoms with Crippen LogP contribution in [-0.2, 0) is 9.59 Å². The van der Waals surface area contributed by atoms with Crippen LogP contribution in [0.15, 0.2) is 17.5 Å². The Balaban J connectivity index is 1.94. The molecule has 0 aromatic carbocycles. The highest BCUT2D eigenvalue weighted by Crippen LogP contribution is 2.46. The number of hydrogen-bond donors (Lipinski definition) is 1. The molecule has 4 amide bonds. The van der Waals surface area contributed by atoms with Crippen LogP contribution in [0.5, 0.6) is 0 Å². The summed E-state index contributed by atoms with van der Waals surface area (Å²) in [6, 6.07) is 2.83. The van der Waals surface area contributed by atoms with Crippen molar-refractivity contribution in [1.82, 2.24) is 10.2 Å². The van der Waals surface area contributed by atoms with E-state index in [-0.39, 0.29) is 11.9 Å². The van der Waals surface area contributed by atoms with Crippen LogP contribution < -0.4 is 5.32 Å². The van der Waals surface area contributed by atoms with Gasteiger partial charge in [0, 0.05) is 4.88 Å². The maximum atomic E-state index is 12.5. The number of carbonyl (C=O) groups is 3. The lowest BCUT2D eigenvalue weighted by atomic mass is 9.66. The number of urea groups is 1. The molecule has 1 unspecified atom stereocenters. The third-order valence-corrected chi connectivity index (χ3v) is 5.09. The fourth-order valence-corrected chi connectivity index (χ4v) is 3.45. The van der Waals surface area contributed by atoms with E-state index in [2.05, 4.69) is 5.32 Å². The Morgan fingerprint density at radius 3 is 2.63 bits per heavy atom. The van der Waals surface area contributed by atoms with E-state index >= 15 is 0 Å². The molecule has 1 aromatic heterocycles. The highest BCUT2D eigenvalue weighted by atomic mass is 32.1. The molecular formula is C13H14N2O3S. The van der Waals surface area contributed by atoms with E-state index in [1.54, 1.807) is 0 Å². The first kappa shape index (κ1) is 12.3. The SMILES string of the molecule is CC(c1cccs1)N1C(=O)NC(=O)C2(CCC2)C1=O. The molecule has 1 saturated carbocycles. The van der Waals surface area contributed by atoms with Gasteiger partial charge in [0.15, 0.2) is 0 Å². The molecule has 5 nitrogen and oxygen atoms in total. The van der Waals surface area contributed by atoms with Crippen LogP contribution >= 0.6 is 11.3 Å². The Morgan fingerprint density at radius 1 is 1.37 bits per heavy atom. The summed E-state index contributed by atoms with van der Waals surface area (Å²) in [4.78, 5) is 38.5. The van der Waals surface area contributed by atoms with E-state index in [0.29, 0.717) is 12.8 Å². The second kappa shape index (κ2) is 4.16. The molecule has 1 aliphatic heterocycles. The number of nitrogens with one attached hydrogen (secondary N) is 1. The molecule has 2 aliphatic rings. The van der Waals surface area contributed by atoms with Crippen molar-refractivity contribution in [2.45, 2.75) is 32.2 Å². The lowest BCUT2D eigenvalue weighted by Gasteiger charge is -2.46. The fourth-order valence-electron chi connectivity index (χ4n) is 2.68. The first-order chi connectivity index (χ1) is 9.06. The molecule has 1 spiro atoms. The van der Waals surface area contributed by atoms with Crippen LogP contribution in [-0.4, -0.2) is 22.7 Å². The lowest BCUT2D eigenvalue weighted by molar-refractivity contribution is -0.159. The molecule has 2 heterocycles. The zero-order chi connectivity index (χ0) is 13.6. The van der Waals surface area contributed by atoms with Crippen molar-refractivity contribution in [1.29, 1.82) is 0 Å². The van der Waals surface area contributed by atoms with E-state index in [0.717, 1.165) is 11.3 Å². The van der Waals surface area contributed by atoms with Gasteiger partial charge in [-0.15, -0.1) is 11.3 Å². The smallest absolute Gasteiger partial charge is 0.277 e. The Hall–Kier alpha value is -1.69. The van der Waals surface area contributed by atoms with Crippen LogP contribution in [0, 0.1) is 5.41 Å². The summed E-state index contributed by atoms with van der Waals surface area (Å²) >= 11 is 1.50. The molecule has 1 aliphatic carbocycles. The van der Waals surface area contributed by atoms with Crippen molar-refractivity contribution in [2.24, 2.45) is 5.41 Å². The van der Waals surface area contributed by atoms with Gasteiger partial charge in [0.2, 0.25) is 11.8 Å². The summed E-state index contributed by atoms with van der Waals surface area (Å²) in [5.74, 6) is -0.767. The minimum atomic E-state index is -0.987. The van der Waals surface area contributed by atoms with Crippen molar-refractivity contribution in [2.75, 3.05) is 0 Å². The van der Waals surface area contributed by atoms with Gasteiger partial charge in [-0.2, -0.15) is 0 Å². The molecule has 1 N–H and O–H groups in total. The average Bonchev–Trinajstić information content (AvgIpc) is 2.79. The number of carbonyl (C=O) groups excluding carboxylic acids is 3. The van der Waals surface area contributed by atoms with E-state index < -0.39 is 17.4 Å². The maximum absolute atomic E-state index is 12.5. The molecule has 1 saturated heterocycles. The number of barbiturate groups is 1. The summed E-state index contributed by atoms with van der Waals surface area (Å²) in [5, 5.41) is 4.23. The quantitative estimate of drug-likeness (QED) is 0.842. The zero-order valence-corrected chi connectivity index (χ0v) is 11.3. The van der Waals surface area contributed by atoms with Gasteiger partial charge >= 0.3 is 6.03 Å². The van der Waals surface area contributed by atoms with Crippen molar-refractivity contribution >= 4 is 29.2 Å². The molecular weight excluding hydrogens is 264 g/mol. The average molecular weight is 278 g/mol. The molecule has 0 bridgehead atoms. The van der Waals surface area contributed by atoms with Gasteiger partial charge < -0.3 is 0 Å². The third kappa shape index (κ3) is 1.63. The molecule has 1 aromatic rings. The lowest BCUT2D eigenvalue weighted by Crippen LogP contribution is -2.66. The molecule has 100 valence electrons. The zero-order valence-electron chi connectivity index (χ0n) is 10.5. The van der Waals surface area contributed by atoms with Crippen molar-refractivity contribution in [3.8, 4) is 0 Å². The Kier molecular flexibility index (Phi) is 2.70. The number of imide groups is 2. The van der Waals surface area contributed by atoms with Gasteiger partial charge in [-0.1, -0.05) is 12.5 Å². The van der Waals surface area contributed by atoms with Gasteiger partial charge in [-0.05, 0) is 31.2 Å². The standard InChI is InChI=1S/C13H14N2O3S/c1-8(9-4-2-7-19-9)15-11(17)13(5-3-6-13)10(16)14-12(15)18/h2,4,7-8H,3,5-6H2,1H3,(H,14,16,18). The number of nitrogens with zero attached hydrogens (tertiary/aromatic N) is 1. The first-order valence-corrected chi connectivity index (χ1v) is 7.17. The summed E-state index contributed by atoms with van der Waals surface area (Å²) in [6.45, 7) is 1.81. The van der Waals surface area contributed by atoms with Gasteiger partial charge in [-0.3, -0.25) is 19.8 Å². The molecule has 19 heavy (non-hydrogen) atoms. The second-order valence-corrected chi connectivity index (χ2v) is 6.04. The second-order valence-electron chi connectivity index (χ2n) is 5.06. The topological polar surface area (TPSA) is 66.5 Å². The molecule has 3 rings (SSSR count). The van der Waals surface area contributed by atoms with Gasteiger partial charge in [0.25, 0.3) is 0 Å². The monoisotopic (exact) mass is 278 g/mol. The van der Waals surface area contributed by atoms with E-state index in [9.17, 15) is 14.4 Å². The summed E-state index contributed by atoms with van der Waals surface area (Å²) in [5.41, 5.74) is -0.987. The number of thiophene rings is 1. The summed E-state index contributed by atoms with van der Waals surface area (Å²) < 4.78 is 0. The van der Waals surface area contributed by atoms with Crippen LogP contribution in [0.2, 0.25) is 0 Å². The predicted molar refractivity (Wildman–Crippen MR) is 69.4 cm³/mol. The third-order valence-electron chi connectivity index (χ3n) is 4.05. The van der Waals surface area contributed by atoms with E-state index in [1.807, 2.05) is 24.4 Å². The Bertz CT molecular complexity index is 548. The van der Waals surface area contributed by atoms with Crippen LogP contribution in [0.3, 0.4) is 0 Å². The van der Waals surface area contributed by atoms with E-state index in [4.69, 9.17) is 0 Å². The molecule has 0 radical (unpaired) electrons. The van der Waals surface area contributed by atoms with Crippen molar-refractivity contribution in [3.05, 3.63) is 22.4 Å². The maximum Gasteiger partial charge on any atom is 0.331 e. The van der Waals surface area contributed by atoms with Gasteiger partial charge in [0.05, 0.1) is 6.04 Å². The van der Waals surface area contributed by atoms with Gasteiger partial charge in [-0.25, -0.2) is 4.79 Å². The van der Waals surface area contributed by atoms with E-state index in [1.165, 1.54) is 16.2 Å². The summed E-state index contributed by atoms with van der Waals surface area (Å²) in [7, 11) is 0. The minimum Gasteiger partial charge on any atom is -0.277 e. The Morgan fingerprint density at radius 2 is 2.11 bits per heavy atom. The molecule has 6 heteroatoms. The van der Waals surface area contributed by atoms with Crippen LogP contribution in [0.1, 0.15) is 37.1 Å². The van der Waals surface area contributed by atoms with Crippen molar-refractivity contribution in [3.63, 3.8) is 0 Å². The molecule has 2 fully saturated rings. The van der Waals surface area contributed by atoms with Crippen LogP contribution in [0.4, 0.5) is 4.79 Å². The fraction of sp³-hybridized carbons (Fsp3) is 0.462. The summed E-state index contributed by atoms with van der Waals surface area (Å²) in [6.07, 6.45) is 1.94. The van der Waals surface area contributed by atoms with Crippen LogP contribution in [0.25, 0.3) is 0 Å². The highest BCUT2D eigenvalue weighted by molar-refractivity contribution is 7.10. The number of hydrogen-bond acceptors (Lipinski definition) is 4. The largest absolute Gasteiger partial charge is 0.331 e. The first-order valence-electron chi connectivity index (χ1n) is 6.29. The highest BCUT2D eigenvalue weighted by Gasteiger charge is 2.58. The number of rotatable bonds is 2. The predicted octanol–water partition coefficient (Wildman–Crippen LogP) is 2.06. The Labute approximate surface area is 114 Å². The number of amides is 4. The van der Waals surface area contributed by atoms with Crippen molar-refractivity contribution < 1.29 is 14.4 Å².